The zero-order valence-corrected chi connectivity index (χ0v) is 23.0. The Kier molecular flexibility index (Phi) is 9.63. The SMILES string of the molecule is CCNC(=O)[C@H](Cc1ccccc1)N(Cc1ccccc1F)C(=O)CN(c1cccc(C)c1C)S(C)(=O)=O. The van der Waals surface area contributed by atoms with Crippen molar-refractivity contribution in [3.8, 4) is 0 Å². The summed E-state index contributed by atoms with van der Waals surface area (Å²) in [6, 6.07) is 19.5. The van der Waals surface area contributed by atoms with Crippen LogP contribution in [0.3, 0.4) is 0 Å². The van der Waals surface area contributed by atoms with Crippen molar-refractivity contribution < 1.29 is 22.4 Å². The van der Waals surface area contributed by atoms with Crippen LogP contribution in [0.2, 0.25) is 0 Å². The van der Waals surface area contributed by atoms with E-state index in [2.05, 4.69) is 5.32 Å². The predicted octanol–water partition coefficient (Wildman–Crippen LogP) is 3.98. The lowest BCUT2D eigenvalue weighted by Gasteiger charge is -2.34. The summed E-state index contributed by atoms with van der Waals surface area (Å²) in [6.45, 7) is 5.01. The molecule has 3 rings (SSSR count). The number of hydrogen-bond acceptors (Lipinski definition) is 4. The number of nitrogens with zero attached hydrogens (tertiary/aromatic N) is 2. The van der Waals surface area contributed by atoms with E-state index in [1.165, 1.54) is 11.0 Å². The number of nitrogens with one attached hydrogen (secondary N) is 1. The van der Waals surface area contributed by atoms with Crippen LogP contribution in [0, 0.1) is 19.7 Å². The maximum atomic E-state index is 14.7. The molecule has 1 atom stereocenters. The van der Waals surface area contributed by atoms with Crippen LogP contribution in [0.4, 0.5) is 10.1 Å². The Morgan fingerprint density at radius 3 is 2.24 bits per heavy atom. The molecule has 0 heterocycles. The molecule has 0 fully saturated rings. The Balaban J connectivity index is 2.08. The van der Waals surface area contributed by atoms with Gasteiger partial charge in [-0.25, -0.2) is 12.8 Å². The van der Waals surface area contributed by atoms with Crippen LogP contribution >= 0.6 is 0 Å². The van der Waals surface area contributed by atoms with Crippen molar-refractivity contribution in [3.05, 3.63) is 101 Å². The van der Waals surface area contributed by atoms with Crippen molar-refractivity contribution >= 4 is 27.5 Å². The zero-order valence-electron chi connectivity index (χ0n) is 22.1. The first kappa shape index (κ1) is 28.8. The first-order valence-electron chi connectivity index (χ1n) is 12.4. The standard InChI is InChI=1S/C29H34FN3O4S/c1-5-31-29(35)27(18-23-13-7-6-8-14-23)32(19-24-15-9-10-16-25(24)30)28(34)20-33(38(4,36)37)26-17-11-12-21(2)22(26)3/h6-17,27H,5,18-20H2,1-4H3,(H,31,35)/t27-/m0/s1. The Morgan fingerprint density at radius 2 is 1.61 bits per heavy atom. The third kappa shape index (κ3) is 7.19. The van der Waals surface area contributed by atoms with E-state index in [1.54, 1.807) is 44.2 Å². The van der Waals surface area contributed by atoms with E-state index in [1.807, 2.05) is 43.3 Å². The van der Waals surface area contributed by atoms with Crippen LogP contribution in [0.25, 0.3) is 0 Å². The molecule has 0 aliphatic heterocycles. The monoisotopic (exact) mass is 539 g/mol. The van der Waals surface area contributed by atoms with Crippen molar-refractivity contribution in [1.29, 1.82) is 0 Å². The van der Waals surface area contributed by atoms with Gasteiger partial charge in [0.05, 0.1) is 11.9 Å². The molecule has 0 unspecified atom stereocenters. The summed E-state index contributed by atoms with van der Waals surface area (Å²) >= 11 is 0. The number of amides is 2. The number of hydrogen-bond donors (Lipinski definition) is 1. The minimum atomic E-state index is -3.87. The number of halogens is 1. The maximum absolute atomic E-state index is 14.7. The number of likely N-dealkylation sites (N-methyl/N-ethyl adjacent to an activating group) is 1. The maximum Gasteiger partial charge on any atom is 0.244 e. The molecule has 0 spiro atoms. The van der Waals surface area contributed by atoms with Gasteiger partial charge in [0.1, 0.15) is 18.4 Å². The summed E-state index contributed by atoms with van der Waals surface area (Å²) in [7, 11) is -3.87. The van der Waals surface area contributed by atoms with Gasteiger partial charge >= 0.3 is 0 Å². The van der Waals surface area contributed by atoms with Gasteiger partial charge in [0, 0.05) is 25.1 Å². The van der Waals surface area contributed by atoms with E-state index in [4.69, 9.17) is 0 Å². The van der Waals surface area contributed by atoms with Crippen molar-refractivity contribution in [3.63, 3.8) is 0 Å². The summed E-state index contributed by atoms with van der Waals surface area (Å²) in [5.41, 5.74) is 3.00. The fourth-order valence-electron chi connectivity index (χ4n) is 4.26. The largest absolute Gasteiger partial charge is 0.355 e. The van der Waals surface area contributed by atoms with Crippen molar-refractivity contribution in [2.45, 2.75) is 39.8 Å². The highest BCUT2D eigenvalue weighted by Gasteiger charge is 2.33. The van der Waals surface area contributed by atoms with E-state index in [0.717, 1.165) is 27.3 Å². The third-order valence-corrected chi connectivity index (χ3v) is 7.57. The van der Waals surface area contributed by atoms with Gasteiger partial charge in [0.25, 0.3) is 0 Å². The molecule has 2 amide bonds. The molecular weight excluding hydrogens is 505 g/mol. The van der Waals surface area contributed by atoms with Crippen molar-refractivity contribution in [1.82, 2.24) is 10.2 Å². The molecule has 0 bridgehead atoms. The second kappa shape index (κ2) is 12.7. The third-order valence-electron chi connectivity index (χ3n) is 6.44. The molecular formula is C29H34FN3O4S. The van der Waals surface area contributed by atoms with E-state index in [0.29, 0.717) is 12.2 Å². The van der Waals surface area contributed by atoms with Gasteiger partial charge < -0.3 is 10.2 Å². The predicted molar refractivity (Wildman–Crippen MR) is 148 cm³/mol. The number of aryl methyl sites for hydroxylation is 1. The van der Waals surface area contributed by atoms with Gasteiger partial charge in [-0.2, -0.15) is 0 Å². The number of sulfonamides is 1. The number of rotatable bonds is 11. The molecule has 3 aromatic rings. The van der Waals surface area contributed by atoms with Crippen LogP contribution < -0.4 is 9.62 Å². The zero-order chi connectivity index (χ0) is 27.9. The van der Waals surface area contributed by atoms with E-state index in [9.17, 15) is 22.4 Å². The van der Waals surface area contributed by atoms with E-state index in [-0.39, 0.29) is 18.5 Å². The molecule has 0 aliphatic carbocycles. The molecule has 0 saturated carbocycles. The molecule has 202 valence electrons. The van der Waals surface area contributed by atoms with Crippen LogP contribution in [-0.4, -0.2) is 50.5 Å². The summed E-state index contributed by atoms with van der Waals surface area (Å²) in [4.78, 5) is 28.5. The van der Waals surface area contributed by atoms with Crippen LogP contribution in [0.15, 0.2) is 72.8 Å². The number of anilines is 1. The highest BCUT2D eigenvalue weighted by Crippen LogP contribution is 2.26. The smallest absolute Gasteiger partial charge is 0.244 e. The molecule has 0 radical (unpaired) electrons. The molecule has 0 aromatic heterocycles. The lowest BCUT2D eigenvalue weighted by molar-refractivity contribution is -0.140. The first-order chi connectivity index (χ1) is 18.0. The highest BCUT2D eigenvalue weighted by atomic mass is 32.2. The lowest BCUT2D eigenvalue weighted by atomic mass is 10.0. The van der Waals surface area contributed by atoms with Crippen molar-refractivity contribution in [2.24, 2.45) is 0 Å². The number of carbonyl (C=O) groups excluding carboxylic acids is 2. The Morgan fingerprint density at radius 1 is 0.947 bits per heavy atom. The normalized spacial score (nSPS) is 12.0. The summed E-state index contributed by atoms with van der Waals surface area (Å²) < 4.78 is 41.5. The summed E-state index contributed by atoms with van der Waals surface area (Å²) in [6.07, 6.45) is 1.21. The molecule has 0 aliphatic rings. The topological polar surface area (TPSA) is 86.8 Å². The van der Waals surface area contributed by atoms with E-state index < -0.39 is 40.2 Å². The highest BCUT2D eigenvalue weighted by molar-refractivity contribution is 7.92. The molecule has 1 N–H and O–H groups in total. The molecule has 9 heteroatoms. The average molecular weight is 540 g/mol. The first-order valence-corrected chi connectivity index (χ1v) is 14.3. The minimum Gasteiger partial charge on any atom is -0.355 e. The van der Waals surface area contributed by atoms with Gasteiger partial charge in [0.15, 0.2) is 0 Å². The Hall–Kier alpha value is -3.72. The van der Waals surface area contributed by atoms with Crippen LogP contribution in [0.5, 0.6) is 0 Å². The summed E-state index contributed by atoms with van der Waals surface area (Å²) in [5, 5.41) is 2.78. The average Bonchev–Trinajstić information content (AvgIpc) is 2.87. The molecule has 38 heavy (non-hydrogen) atoms. The lowest BCUT2D eigenvalue weighted by Crippen LogP contribution is -2.53. The molecule has 0 saturated heterocycles. The Labute approximate surface area is 224 Å². The van der Waals surface area contributed by atoms with Gasteiger partial charge in [-0.3, -0.25) is 13.9 Å². The van der Waals surface area contributed by atoms with Gasteiger partial charge in [-0.15, -0.1) is 0 Å². The molecule has 7 nitrogen and oxygen atoms in total. The van der Waals surface area contributed by atoms with Gasteiger partial charge in [-0.1, -0.05) is 60.7 Å². The van der Waals surface area contributed by atoms with Gasteiger partial charge in [0.2, 0.25) is 21.8 Å². The molecule has 3 aromatic carbocycles. The Bertz CT molecular complexity index is 1380. The number of benzene rings is 3. The second-order valence-corrected chi connectivity index (χ2v) is 11.1. The van der Waals surface area contributed by atoms with Crippen LogP contribution in [0.1, 0.15) is 29.2 Å². The quantitative estimate of drug-likeness (QED) is 0.399. The summed E-state index contributed by atoms with van der Waals surface area (Å²) in [5.74, 6) is -1.54. The van der Waals surface area contributed by atoms with Crippen LogP contribution in [-0.2, 0) is 32.6 Å². The fraction of sp³-hybridized carbons (Fsp3) is 0.310. The van der Waals surface area contributed by atoms with Gasteiger partial charge in [-0.05, 0) is 49.6 Å². The second-order valence-electron chi connectivity index (χ2n) is 9.20. The van der Waals surface area contributed by atoms with Crippen molar-refractivity contribution in [2.75, 3.05) is 23.7 Å². The minimum absolute atomic E-state index is 0.176. The van der Waals surface area contributed by atoms with E-state index >= 15 is 0 Å². The number of carbonyl (C=O) groups is 2. The fourth-order valence-corrected chi connectivity index (χ4v) is 5.16.